The lowest BCUT2D eigenvalue weighted by molar-refractivity contribution is 0.200. The van der Waals surface area contributed by atoms with E-state index in [4.69, 9.17) is 0 Å². The third-order valence-electron chi connectivity index (χ3n) is 6.40. The van der Waals surface area contributed by atoms with E-state index >= 15 is 0 Å². The van der Waals surface area contributed by atoms with E-state index < -0.39 is 0 Å². The summed E-state index contributed by atoms with van der Waals surface area (Å²) in [6, 6.07) is 34.5. The number of thioether (sulfide) groups is 1. The summed E-state index contributed by atoms with van der Waals surface area (Å²) >= 11 is 2.10. The van der Waals surface area contributed by atoms with E-state index in [0.717, 1.165) is 11.8 Å². The van der Waals surface area contributed by atoms with E-state index in [1.54, 1.807) is 0 Å². The molecule has 0 saturated carbocycles. The third-order valence-corrected chi connectivity index (χ3v) is 7.98. The Balaban J connectivity index is 1.70. The van der Waals surface area contributed by atoms with Crippen LogP contribution in [0.5, 0.6) is 0 Å². The predicted octanol–water partition coefficient (Wildman–Crippen LogP) is 6.97. The Labute approximate surface area is 186 Å². The van der Waals surface area contributed by atoms with Crippen LogP contribution in [-0.2, 0) is 4.75 Å². The highest BCUT2D eigenvalue weighted by Crippen LogP contribution is 2.48. The van der Waals surface area contributed by atoms with Gasteiger partial charge in [0.15, 0.2) is 0 Å². The van der Waals surface area contributed by atoms with Gasteiger partial charge in [-0.2, -0.15) is 0 Å². The van der Waals surface area contributed by atoms with Crippen molar-refractivity contribution in [2.24, 2.45) is 0 Å². The molecule has 1 unspecified atom stereocenters. The third kappa shape index (κ3) is 4.36. The van der Waals surface area contributed by atoms with Crippen LogP contribution < -0.4 is 0 Å². The van der Waals surface area contributed by atoms with Gasteiger partial charge in [0, 0.05) is 12.1 Å². The lowest BCUT2D eigenvalue weighted by Gasteiger charge is -2.36. The second kappa shape index (κ2) is 9.85. The Morgan fingerprint density at radius 2 is 1.27 bits per heavy atom. The molecule has 1 aliphatic rings. The second-order valence-electron chi connectivity index (χ2n) is 8.54. The lowest BCUT2D eigenvalue weighted by atomic mass is 9.84. The van der Waals surface area contributed by atoms with Crippen molar-refractivity contribution in [3.8, 4) is 0 Å². The van der Waals surface area contributed by atoms with Crippen LogP contribution in [-0.4, -0.2) is 29.3 Å². The van der Waals surface area contributed by atoms with Gasteiger partial charge in [-0.15, -0.1) is 11.8 Å². The second-order valence-corrected chi connectivity index (χ2v) is 9.85. The van der Waals surface area contributed by atoms with Crippen LogP contribution >= 0.6 is 11.8 Å². The van der Waals surface area contributed by atoms with Gasteiger partial charge in [-0.3, -0.25) is 4.90 Å². The molecule has 3 aromatic carbocycles. The SMILES string of the molecule is CC(C)N1CCCC1CCSC(c1ccccc1)(c1ccccc1)c1ccccc1. The molecule has 1 heterocycles. The van der Waals surface area contributed by atoms with Gasteiger partial charge < -0.3 is 0 Å². The Bertz CT molecular complexity index is 795. The molecule has 0 N–H and O–H groups in total. The fraction of sp³-hybridized carbons (Fsp3) is 0.357. The number of benzene rings is 3. The van der Waals surface area contributed by atoms with Crippen LogP contribution in [0.15, 0.2) is 91.0 Å². The van der Waals surface area contributed by atoms with Gasteiger partial charge in [-0.1, -0.05) is 91.0 Å². The number of nitrogens with zero attached hydrogens (tertiary/aromatic N) is 1. The van der Waals surface area contributed by atoms with E-state index in [1.165, 1.54) is 42.5 Å². The van der Waals surface area contributed by atoms with Crippen molar-refractivity contribution in [3.05, 3.63) is 108 Å². The van der Waals surface area contributed by atoms with Crippen molar-refractivity contribution in [2.75, 3.05) is 12.3 Å². The smallest absolute Gasteiger partial charge is 0.0906 e. The molecule has 4 rings (SSSR count). The van der Waals surface area contributed by atoms with Crippen LogP contribution in [0.2, 0.25) is 0 Å². The fourth-order valence-corrected chi connectivity index (χ4v) is 6.57. The molecule has 1 fully saturated rings. The van der Waals surface area contributed by atoms with E-state index in [2.05, 4.69) is 122 Å². The minimum atomic E-state index is -0.189. The van der Waals surface area contributed by atoms with Crippen LogP contribution in [0.4, 0.5) is 0 Å². The molecule has 1 saturated heterocycles. The predicted molar refractivity (Wildman–Crippen MR) is 131 cm³/mol. The highest BCUT2D eigenvalue weighted by atomic mass is 32.2. The van der Waals surface area contributed by atoms with Crippen molar-refractivity contribution < 1.29 is 0 Å². The molecule has 30 heavy (non-hydrogen) atoms. The number of rotatable bonds is 8. The van der Waals surface area contributed by atoms with Gasteiger partial charge in [0.25, 0.3) is 0 Å². The molecule has 1 aliphatic heterocycles. The Morgan fingerprint density at radius 3 is 1.70 bits per heavy atom. The molecule has 0 aromatic heterocycles. The Morgan fingerprint density at radius 1 is 0.800 bits per heavy atom. The highest BCUT2D eigenvalue weighted by Gasteiger charge is 2.37. The summed E-state index contributed by atoms with van der Waals surface area (Å²) in [5, 5.41) is 0. The Kier molecular flexibility index (Phi) is 6.97. The van der Waals surface area contributed by atoms with Crippen LogP contribution in [0.1, 0.15) is 49.8 Å². The zero-order chi connectivity index (χ0) is 20.8. The summed E-state index contributed by atoms with van der Waals surface area (Å²) in [5.41, 5.74) is 4.08. The maximum Gasteiger partial charge on any atom is 0.0906 e. The molecule has 1 atom stereocenters. The summed E-state index contributed by atoms with van der Waals surface area (Å²) < 4.78 is -0.189. The lowest BCUT2D eigenvalue weighted by Crippen LogP contribution is -2.36. The normalized spacial score (nSPS) is 17.5. The zero-order valence-electron chi connectivity index (χ0n) is 18.2. The van der Waals surface area contributed by atoms with Gasteiger partial charge >= 0.3 is 0 Å². The molecular weight excluding hydrogens is 382 g/mol. The average molecular weight is 416 g/mol. The van der Waals surface area contributed by atoms with Gasteiger partial charge in [0.1, 0.15) is 0 Å². The van der Waals surface area contributed by atoms with Crippen molar-refractivity contribution in [2.45, 2.75) is 49.9 Å². The van der Waals surface area contributed by atoms with E-state index in [-0.39, 0.29) is 4.75 Å². The molecule has 0 bridgehead atoms. The summed E-state index contributed by atoms with van der Waals surface area (Å²) in [6.45, 7) is 5.94. The minimum Gasteiger partial charge on any atom is -0.298 e. The topological polar surface area (TPSA) is 3.24 Å². The first-order chi connectivity index (χ1) is 14.7. The van der Waals surface area contributed by atoms with Gasteiger partial charge in [-0.05, 0) is 62.1 Å². The zero-order valence-corrected chi connectivity index (χ0v) is 19.0. The van der Waals surface area contributed by atoms with E-state index in [1.807, 2.05) is 0 Å². The maximum absolute atomic E-state index is 2.70. The molecule has 3 aromatic rings. The molecule has 0 radical (unpaired) electrons. The van der Waals surface area contributed by atoms with Gasteiger partial charge in [0.05, 0.1) is 4.75 Å². The maximum atomic E-state index is 2.70. The van der Waals surface area contributed by atoms with Crippen LogP contribution in [0.25, 0.3) is 0 Å². The van der Waals surface area contributed by atoms with Crippen molar-refractivity contribution in [3.63, 3.8) is 0 Å². The first-order valence-electron chi connectivity index (χ1n) is 11.3. The highest BCUT2D eigenvalue weighted by molar-refractivity contribution is 8.00. The molecule has 1 nitrogen and oxygen atoms in total. The molecule has 156 valence electrons. The number of hydrogen-bond donors (Lipinski definition) is 0. The minimum absolute atomic E-state index is 0.189. The quantitative estimate of drug-likeness (QED) is 0.365. The molecule has 0 aliphatic carbocycles. The van der Waals surface area contributed by atoms with Crippen molar-refractivity contribution in [1.29, 1.82) is 0 Å². The van der Waals surface area contributed by atoms with Crippen LogP contribution in [0, 0.1) is 0 Å². The number of hydrogen-bond acceptors (Lipinski definition) is 2. The van der Waals surface area contributed by atoms with E-state index in [9.17, 15) is 0 Å². The van der Waals surface area contributed by atoms with Crippen LogP contribution in [0.3, 0.4) is 0 Å². The first-order valence-corrected chi connectivity index (χ1v) is 12.3. The van der Waals surface area contributed by atoms with Gasteiger partial charge in [-0.25, -0.2) is 0 Å². The average Bonchev–Trinajstić information content (AvgIpc) is 3.28. The summed E-state index contributed by atoms with van der Waals surface area (Å²) in [4.78, 5) is 2.70. The molecule has 0 spiro atoms. The first kappa shape index (κ1) is 21.2. The van der Waals surface area contributed by atoms with Crippen molar-refractivity contribution in [1.82, 2.24) is 4.90 Å². The monoisotopic (exact) mass is 415 g/mol. The fourth-order valence-electron chi connectivity index (χ4n) is 4.96. The summed E-state index contributed by atoms with van der Waals surface area (Å²) in [5.74, 6) is 1.15. The van der Waals surface area contributed by atoms with Crippen molar-refractivity contribution >= 4 is 11.8 Å². The summed E-state index contributed by atoms with van der Waals surface area (Å²) in [7, 11) is 0. The molecular formula is C28H33NS. The molecule has 2 heteroatoms. The summed E-state index contributed by atoms with van der Waals surface area (Å²) in [6.07, 6.45) is 3.93. The van der Waals surface area contributed by atoms with Gasteiger partial charge in [0.2, 0.25) is 0 Å². The van der Waals surface area contributed by atoms with E-state index in [0.29, 0.717) is 6.04 Å². The number of likely N-dealkylation sites (tertiary alicyclic amines) is 1. The largest absolute Gasteiger partial charge is 0.298 e. The molecule has 0 amide bonds. The standard InChI is InChI=1S/C28H33NS/c1-23(2)29-21-12-19-27(29)20-22-30-28(24-13-6-3-7-14-24,25-15-8-4-9-16-25)26-17-10-5-11-18-26/h3-11,13-18,23,27H,12,19-22H2,1-2H3. The Hall–Kier alpha value is -2.03.